The van der Waals surface area contributed by atoms with Crippen molar-refractivity contribution in [2.45, 2.75) is 20.8 Å². The second-order valence-corrected chi connectivity index (χ2v) is 5.28. The van der Waals surface area contributed by atoms with Crippen molar-refractivity contribution in [1.82, 2.24) is 10.9 Å². The molecule has 0 bridgehead atoms. The summed E-state index contributed by atoms with van der Waals surface area (Å²) in [6.07, 6.45) is 0. The number of amides is 3. The van der Waals surface area contributed by atoms with Crippen LogP contribution in [0.15, 0.2) is 6.58 Å². The Labute approximate surface area is 131 Å². The lowest BCUT2D eigenvalue weighted by Crippen LogP contribution is -2.39. The topological polar surface area (TPSA) is 123 Å². The first-order chi connectivity index (χ1) is 10.3. The van der Waals surface area contributed by atoms with Crippen molar-refractivity contribution >= 4 is 39.9 Å². The average molecular weight is 326 g/mol. The molecule has 3 amide bonds. The third-order valence-corrected chi connectivity index (χ3v) is 3.79. The summed E-state index contributed by atoms with van der Waals surface area (Å²) in [4.78, 5) is 34.6. The zero-order chi connectivity index (χ0) is 16.9. The van der Waals surface area contributed by atoms with Crippen LogP contribution in [0.2, 0.25) is 0 Å². The summed E-state index contributed by atoms with van der Waals surface area (Å²) in [6.45, 7) is 8.70. The zero-order valence-electron chi connectivity index (χ0n) is 12.5. The van der Waals surface area contributed by atoms with E-state index in [2.05, 4.69) is 22.7 Å². The van der Waals surface area contributed by atoms with Gasteiger partial charge in [0.1, 0.15) is 5.00 Å². The van der Waals surface area contributed by atoms with Gasteiger partial charge in [-0.3, -0.25) is 15.6 Å². The average Bonchev–Trinajstić information content (AvgIpc) is 2.72. The number of rotatable bonds is 6. The number of carbonyl (C=O) groups excluding carboxylic acids is 3. The third-order valence-electron chi connectivity index (χ3n) is 2.53. The summed E-state index contributed by atoms with van der Waals surface area (Å²) in [6, 6.07) is -0.775. The quantitative estimate of drug-likeness (QED) is 0.464. The normalized spacial score (nSPS) is 9.77. The molecule has 1 rings (SSSR count). The van der Waals surface area contributed by atoms with Crippen LogP contribution in [0.3, 0.4) is 0 Å². The summed E-state index contributed by atoms with van der Waals surface area (Å²) in [5.74, 6) is -0.853. The molecule has 120 valence electrons. The molecule has 0 saturated carbocycles. The Bertz CT molecular complexity index is 624. The molecule has 0 aliphatic carbocycles. The molecule has 0 aromatic carbocycles. The van der Waals surface area contributed by atoms with Crippen LogP contribution in [0, 0.1) is 6.92 Å². The molecular formula is C13H18N4O4S. The highest BCUT2D eigenvalue weighted by Gasteiger charge is 2.24. The SMILES string of the molecule is C=C(NNC(N)=O)c1sc(NC(C)=O)c(C(=O)OCC)c1C. The van der Waals surface area contributed by atoms with Crippen molar-refractivity contribution in [2.75, 3.05) is 11.9 Å². The van der Waals surface area contributed by atoms with Gasteiger partial charge in [-0.1, -0.05) is 6.58 Å². The summed E-state index contributed by atoms with van der Waals surface area (Å²) >= 11 is 1.14. The van der Waals surface area contributed by atoms with Crippen LogP contribution in [0.5, 0.6) is 0 Å². The van der Waals surface area contributed by atoms with Gasteiger partial charge in [-0.05, 0) is 19.4 Å². The minimum Gasteiger partial charge on any atom is -0.462 e. The number of nitrogens with two attached hydrogens (primary N) is 1. The monoisotopic (exact) mass is 326 g/mol. The molecule has 9 heteroatoms. The highest BCUT2D eigenvalue weighted by atomic mass is 32.1. The van der Waals surface area contributed by atoms with E-state index in [9.17, 15) is 14.4 Å². The smallest absolute Gasteiger partial charge is 0.341 e. The third kappa shape index (κ3) is 4.22. The van der Waals surface area contributed by atoms with Crippen molar-refractivity contribution in [2.24, 2.45) is 5.73 Å². The van der Waals surface area contributed by atoms with Gasteiger partial charge in [0.25, 0.3) is 0 Å². The number of nitrogens with one attached hydrogen (secondary N) is 3. The van der Waals surface area contributed by atoms with E-state index in [1.807, 2.05) is 0 Å². The Morgan fingerprint density at radius 3 is 2.45 bits per heavy atom. The van der Waals surface area contributed by atoms with Crippen molar-refractivity contribution in [3.8, 4) is 0 Å². The van der Waals surface area contributed by atoms with Gasteiger partial charge >= 0.3 is 12.0 Å². The predicted octanol–water partition coefficient (Wildman–Crippen LogP) is 1.34. The van der Waals surface area contributed by atoms with Crippen LogP contribution in [-0.4, -0.2) is 24.5 Å². The first-order valence-corrected chi connectivity index (χ1v) is 7.18. The number of urea groups is 1. The Balaban J connectivity index is 3.19. The first kappa shape index (κ1) is 17.5. The van der Waals surface area contributed by atoms with Crippen molar-refractivity contribution < 1.29 is 19.1 Å². The number of hydrogen-bond donors (Lipinski definition) is 4. The van der Waals surface area contributed by atoms with Crippen LogP contribution in [0.25, 0.3) is 5.70 Å². The lowest BCUT2D eigenvalue weighted by molar-refractivity contribution is -0.114. The molecule has 0 fully saturated rings. The van der Waals surface area contributed by atoms with Crippen molar-refractivity contribution in [1.29, 1.82) is 0 Å². The number of esters is 1. The number of anilines is 1. The van der Waals surface area contributed by atoms with Gasteiger partial charge in [0, 0.05) is 6.92 Å². The molecule has 0 radical (unpaired) electrons. The lowest BCUT2D eigenvalue weighted by Gasteiger charge is -2.08. The van der Waals surface area contributed by atoms with Gasteiger partial charge in [0.2, 0.25) is 5.91 Å². The molecule has 0 spiro atoms. The van der Waals surface area contributed by atoms with E-state index in [-0.39, 0.29) is 18.1 Å². The van der Waals surface area contributed by atoms with Gasteiger partial charge in [-0.15, -0.1) is 11.3 Å². The second-order valence-electron chi connectivity index (χ2n) is 4.25. The molecule has 8 nitrogen and oxygen atoms in total. The van der Waals surface area contributed by atoms with Crippen molar-refractivity contribution in [3.63, 3.8) is 0 Å². The molecule has 22 heavy (non-hydrogen) atoms. The van der Waals surface area contributed by atoms with E-state index in [0.29, 0.717) is 21.1 Å². The summed E-state index contributed by atoms with van der Waals surface area (Å²) in [5.41, 5.74) is 10.9. The minimum absolute atomic E-state index is 0.214. The minimum atomic E-state index is -0.775. The van der Waals surface area contributed by atoms with Gasteiger partial charge in [0.15, 0.2) is 0 Å². The summed E-state index contributed by atoms with van der Waals surface area (Å²) in [7, 11) is 0. The maximum atomic E-state index is 12.1. The number of thiophene rings is 1. The van der Waals surface area contributed by atoms with Crippen LogP contribution >= 0.6 is 11.3 Å². The molecule has 0 aliphatic rings. The molecule has 0 aliphatic heterocycles. The number of primary amides is 1. The van der Waals surface area contributed by atoms with Crippen molar-refractivity contribution in [3.05, 3.63) is 22.6 Å². The molecule has 1 aromatic heterocycles. The Morgan fingerprint density at radius 1 is 1.32 bits per heavy atom. The maximum Gasteiger partial charge on any atom is 0.341 e. The van der Waals surface area contributed by atoms with Crippen LogP contribution in [0.1, 0.15) is 34.6 Å². The van der Waals surface area contributed by atoms with Gasteiger partial charge in [0.05, 0.1) is 22.7 Å². The standard InChI is InChI=1S/C13H18N4O4S/c1-5-21-12(19)9-6(2)10(7(3)16-17-13(14)20)22-11(9)15-8(4)18/h16H,3,5H2,1-2,4H3,(H,15,18)(H3,14,17,20). The van der Waals surface area contributed by atoms with Crippen LogP contribution < -0.4 is 21.9 Å². The summed E-state index contributed by atoms with van der Waals surface area (Å²) < 4.78 is 5.00. The number of hydrazine groups is 1. The van der Waals surface area contributed by atoms with E-state index in [0.717, 1.165) is 11.3 Å². The fraction of sp³-hybridized carbons (Fsp3) is 0.308. The van der Waals surface area contributed by atoms with Gasteiger partial charge in [-0.2, -0.15) is 0 Å². The van der Waals surface area contributed by atoms with E-state index in [4.69, 9.17) is 10.5 Å². The predicted molar refractivity (Wildman–Crippen MR) is 84.2 cm³/mol. The number of ether oxygens (including phenoxy) is 1. The van der Waals surface area contributed by atoms with E-state index in [1.165, 1.54) is 6.92 Å². The molecule has 0 saturated heterocycles. The highest BCUT2D eigenvalue weighted by molar-refractivity contribution is 7.18. The van der Waals surface area contributed by atoms with E-state index >= 15 is 0 Å². The molecule has 0 unspecified atom stereocenters. The van der Waals surface area contributed by atoms with E-state index in [1.54, 1.807) is 13.8 Å². The van der Waals surface area contributed by atoms with Crippen LogP contribution in [0.4, 0.5) is 9.80 Å². The largest absolute Gasteiger partial charge is 0.462 e. The fourth-order valence-electron chi connectivity index (χ4n) is 1.69. The fourth-order valence-corrected chi connectivity index (χ4v) is 2.86. The number of carbonyl (C=O) groups is 3. The Kier molecular flexibility index (Phi) is 5.93. The van der Waals surface area contributed by atoms with Gasteiger partial charge < -0.3 is 15.8 Å². The molecule has 5 N–H and O–H groups in total. The van der Waals surface area contributed by atoms with E-state index < -0.39 is 12.0 Å². The molecule has 1 heterocycles. The zero-order valence-corrected chi connectivity index (χ0v) is 13.3. The molecular weight excluding hydrogens is 308 g/mol. The lowest BCUT2D eigenvalue weighted by atomic mass is 10.1. The second kappa shape index (κ2) is 7.46. The maximum absolute atomic E-state index is 12.1. The molecule has 1 aromatic rings. The first-order valence-electron chi connectivity index (χ1n) is 6.36. The summed E-state index contributed by atoms with van der Waals surface area (Å²) in [5, 5.41) is 2.95. The number of hydrogen-bond acceptors (Lipinski definition) is 6. The highest BCUT2D eigenvalue weighted by Crippen LogP contribution is 2.36. The van der Waals surface area contributed by atoms with Crippen LogP contribution in [-0.2, 0) is 9.53 Å². The van der Waals surface area contributed by atoms with Gasteiger partial charge in [-0.25, -0.2) is 9.59 Å². The Hall–Kier alpha value is -2.55. The Morgan fingerprint density at radius 2 is 1.95 bits per heavy atom. The molecule has 0 atom stereocenters.